The molecule has 0 bridgehead atoms. The molecular weight excluding hydrogens is 248 g/mol. The Morgan fingerprint density at radius 1 is 1.18 bits per heavy atom. The van der Waals surface area contributed by atoms with Crippen LogP contribution in [0.1, 0.15) is 19.3 Å². The average molecular weight is 272 g/mol. The van der Waals surface area contributed by atoms with Gasteiger partial charge in [0.2, 0.25) is 0 Å². The maximum absolute atomic E-state index is 3.69. The number of nitrogens with one attached hydrogen (secondary N) is 1. The highest BCUT2D eigenvalue weighted by Crippen LogP contribution is 2.27. The van der Waals surface area contributed by atoms with E-state index < -0.39 is 0 Å². The fraction of sp³-hybridized carbons (Fsp3) is 1.00. The van der Waals surface area contributed by atoms with Crippen LogP contribution in [0.25, 0.3) is 0 Å². The van der Waals surface area contributed by atoms with Crippen LogP contribution in [-0.4, -0.2) is 59.6 Å². The van der Waals surface area contributed by atoms with Gasteiger partial charge >= 0.3 is 0 Å². The van der Waals surface area contributed by atoms with Gasteiger partial charge in [-0.05, 0) is 38.3 Å². The zero-order valence-corrected chi connectivity index (χ0v) is 12.2. The highest BCUT2D eigenvalue weighted by Gasteiger charge is 2.27. The first-order valence-electron chi connectivity index (χ1n) is 7.05. The standard InChI is InChI=1S/C13H24N2S2/c1-2-12(1)14-7-11-3-4-15(8-11)9-13-10-16-5-6-17-13/h11-14H,1-10H2. The van der Waals surface area contributed by atoms with Crippen molar-refractivity contribution >= 4 is 23.5 Å². The molecule has 0 amide bonds. The Labute approximate surface area is 114 Å². The summed E-state index contributed by atoms with van der Waals surface area (Å²) >= 11 is 4.35. The van der Waals surface area contributed by atoms with Crippen LogP contribution in [0.4, 0.5) is 0 Å². The monoisotopic (exact) mass is 272 g/mol. The van der Waals surface area contributed by atoms with Crippen LogP contribution in [-0.2, 0) is 0 Å². The average Bonchev–Trinajstić information content (AvgIpc) is 3.09. The van der Waals surface area contributed by atoms with Crippen LogP contribution in [0.15, 0.2) is 0 Å². The molecule has 2 nitrogen and oxygen atoms in total. The van der Waals surface area contributed by atoms with Gasteiger partial charge in [0.15, 0.2) is 0 Å². The van der Waals surface area contributed by atoms with Gasteiger partial charge in [-0.15, -0.1) is 0 Å². The minimum atomic E-state index is 0.884. The van der Waals surface area contributed by atoms with Crippen molar-refractivity contribution in [3.8, 4) is 0 Å². The quantitative estimate of drug-likeness (QED) is 0.822. The zero-order chi connectivity index (χ0) is 11.5. The number of thioether (sulfide) groups is 2. The molecule has 3 aliphatic rings. The van der Waals surface area contributed by atoms with E-state index >= 15 is 0 Å². The molecule has 0 aromatic rings. The molecule has 0 spiro atoms. The molecule has 2 saturated heterocycles. The molecular formula is C13H24N2S2. The van der Waals surface area contributed by atoms with Gasteiger partial charge in [0.05, 0.1) is 0 Å². The molecule has 3 rings (SSSR count). The Hall–Kier alpha value is 0.620. The number of nitrogens with zero attached hydrogens (tertiary/aromatic N) is 1. The first-order chi connectivity index (χ1) is 8.40. The van der Waals surface area contributed by atoms with Crippen molar-refractivity contribution < 1.29 is 0 Å². The summed E-state index contributed by atoms with van der Waals surface area (Å²) < 4.78 is 0. The third-order valence-electron chi connectivity index (χ3n) is 3.99. The van der Waals surface area contributed by atoms with E-state index in [0.717, 1.165) is 17.2 Å². The van der Waals surface area contributed by atoms with Crippen LogP contribution < -0.4 is 5.32 Å². The molecule has 4 heteroatoms. The molecule has 2 heterocycles. The normalized spacial score (nSPS) is 35.3. The second-order valence-electron chi connectivity index (χ2n) is 5.66. The van der Waals surface area contributed by atoms with Crippen LogP contribution >= 0.6 is 23.5 Å². The number of hydrogen-bond donors (Lipinski definition) is 1. The van der Waals surface area contributed by atoms with E-state index in [9.17, 15) is 0 Å². The third-order valence-corrected chi connectivity index (χ3v) is 6.82. The van der Waals surface area contributed by atoms with Crippen molar-refractivity contribution in [3.63, 3.8) is 0 Å². The first kappa shape index (κ1) is 12.6. The summed E-state index contributed by atoms with van der Waals surface area (Å²) in [5.41, 5.74) is 0. The summed E-state index contributed by atoms with van der Waals surface area (Å²) in [4.78, 5) is 2.71. The minimum absolute atomic E-state index is 0.884. The van der Waals surface area contributed by atoms with Gasteiger partial charge in [-0.3, -0.25) is 0 Å². The predicted molar refractivity (Wildman–Crippen MR) is 79.1 cm³/mol. The fourth-order valence-corrected chi connectivity index (χ4v) is 5.51. The van der Waals surface area contributed by atoms with Gasteiger partial charge in [0, 0.05) is 41.6 Å². The topological polar surface area (TPSA) is 15.3 Å². The van der Waals surface area contributed by atoms with E-state index in [1.165, 1.54) is 62.7 Å². The lowest BCUT2D eigenvalue weighted by Gasteiger charge is -2.26. The fourth-order valence-electron chi connectivity index (χ4n) is 2.80. The number of hydrogen-bond acceptors (Lipinski definition) is 4. The highest BCUT2D eigenvalue weighted by atomic mass is 32.2. The molecule has 0 radical (unpaired) electrons. The second-order valence-corrected chi connectivity index (χ2v) is 8.22. The number of likely N-dealkylation sites (tertiary alicyclic amines) is 1. The Morgan fingerprint density at radius 2 is 2.12 bits per heavy atom. The van der Waals surface area contributed by atoms with Gasteiger partial charge in [-0.1, -0.05) is 0 Å². The molecule has 2 aliphatic heterocycles. The van der Waals surface area contributed by atoms with Crippen LogP contribution in [0, 0.1) is 5.92 Å². The summed E-state index contributed by atoms with van der Waals surface area (Å²) in [5, 5.41) is 4.59. The van der Waals surface area contributed by atoms with Crippen LogP contribution in [0.5, 0.6) is 0 Å². The van der Waals surface area contributed by atoms with Gasteiger partial charge < -0.3 is 10.2 Å². The first-order valence-corrected chi connectivity index (χ1v) is 9.25. The molecule has 3 fully saturated rings. The summed E-state index contributed by atoms with van der Waals surface area (Å²) in [6.45, 7) is 5.31. The molecule has 0 aromatic heterocycles. The van der Waals surface area contributed by atoms with Crippen LogP contribution in [0.2, 0.25) is 0 Å². The molecule has 1 aliphatic carbocycles. The molecule has 17 heavy (non-hydrogen) atoms. The maximum Gasteiger partial charge on any atom is 0.0265 e. The summed E-state index contributed by atoms with van der Waals surface area (Å²) in [7, 11) is 0. The molecule has 2 atom stereocenters. The van der Waals surface area contributed by atoms with Crippen LogP contribution in [0.3, 0.4) is 0 Å². The summed E-state index contributed by atoms with van der Waals surface area (Å²) in [6, 6.07) is 0.884. The SMILES string of the molecule is C1CSC(CN2CCC(CNC3CC3)C2)CS1. The van der Waals surface area contributed by atoms with Crippen molar-refractivity contribution in [2.75, 3.05) is 43.4 Å². The van der Waals surface area contributed by atoms with Gasteiger partial charge in [-0.2, -0.15) is 23.5 Å². The summed E-state index contributed by atoms with van der Waals surface area (Å²) in [5.74, 6) is 5.05. The van der Waals surface area contributed by atoms with Crippen molar-refractivity contribution in [1.29, 1.82) is 0 Å². The Morgan fingerprint density at radius 3 is 2.88 bits per heavy atom. The van der Waals surface area contributed by atoms with Gasteiger partial charge in [-0.25, -0.2) is 0 Å². The van der Waals surface area contributed by atoms with Crippen molar-refractivity contribution in [2.45, 2.75) is 30.6 Å². The zero-order valence-electron chi connectivity index (χ0n) is 10.6. The van der Waals surface area contributed by atoms with E-state index in [1.807, 2.05) is 0 Å². The Kier molecular flexibility index (Phi) is 4.59. The Balaban J connectivity index is 1.34. The molecule has 1 saturated carbocycles. The van der Waals surface area contributed by atoms with E-state index in [4.69, 9.17) is 0 Å². The lowest BCUT2D eigenvalue weighted by molar-refractivity contribution is 0.326. The van der Waals surface area contributed by atoms with Crippen molar-refractivity contribution in [3.05, 3.63) is 0 Å². The molecule has 0 aromatic carbocycles. The summed E-state index contributed by atoms with van der Waals surface area (Å²) in [6.07, 6.45) is 4.27. The number of rotatable bonds is 5. The maximum atomic E-state index is 3.69. The molecule has 98 valence electrons. The van der Waals surface area contributed by atoms with E-state index in [1.54, 1.807) is 0 Å². The Bertz CT molecular complexity index is 240. The molecule has 1 N–H and O–H groups in total. The van der Waals surface area contributed by atoms with Gasteiger partial charge in [0.1, 0.15) is 0 Å². The van der Waals surface area contributed by atoms with E-state index in [-0.39, 0.29) is 0 Å². The van der Waals surface area contributed by atoms with Crippen molar-refractivity contribution in [2.24, 2.45) is 5.92 Å². The second kappa shape index (κ2) is 6.18. The smallest absolute Gasteiger partial charge is 0.0265 e. The third kappa shape index (κ3) is 4.05. The molecule has 2 unspecified atom stereocenters. The van der Waals surface area contributed by atoms with Gasteiger partial charge in [0.25, 0.3) is 0 Å². The highest BCUT2D eigenvalue weighted by molar-refractivity contribution is 8.06. The lowest BCUT2D eigenvalue weighted by atomic mass is 10.1. The van der Waals surface area contributed by atoms with E-state index in [2.05, 4.69) is 33.7 Å². The lowest BCUT2D eigenvalue weighted by Crippen LogP contribution is -2.33. The van der Waals surface area contributed by atoms with Crippen molar-refractivity contribution in [1.82, 2.24) is 10.2 Å². The largest absolute Gasteiger partial charge is 0.314 e. The minimum Gasteiger partial charge on any atom is -0.314 e. The van der Waals surface area contributed by atoms with E-state index in [0.29, 0.717) is 0 Å². The predicted octanol–water partition coefficient (Wildman–Crippen LogP) is 1.91.